The van der Waals surface area contributed by atoms with Gasteiger partial charge in [-0.25, -0.2) is 4.68 Å². The van der Waals surface area contributed by atoms with Crippen LogP contribution in [0.3, 0.4) is 0 Å². The molecule has 17 heavy (non-hydrogen) atoms. The average molecular weight is 233 g/mol. The van der Waals surface area contributed by atoms with E-state index in [0.717, 1.165) is 5.56 Å². The third-order valence-electron chi connectivity index (χ3n) is 2.56. The van der Waals surface area contributed by atoms with Crippen molar-refractivity contribution in [3.63, 3.8) is 0 Å². The maximum Gasteiger partial charge on any atom is 0.295 e. The number of hydrogen-bond donors (Lipinski definition) is 1. The molecule has 0 aliphatic rings. The van der Waals surface area contributed by atoms with E-state index in [1.54, 1.807) is 26.0 Å². The summed E-state index contributed by atoms with van der Waals surface area (Å²) in [5, 5.41) is 18.5. The number of benzene rings is 1. The molecule has 0 radical (unpaired) electrons. The van der Waals surface area contributed by atoms with Crippen molar-refractivity contribution >= 4 is 11.5 Å². The highest BCUT2D eigenvalue weighted by atomic mass is 16.6. The summed E-state index contributed by atoms with van der Waals surface area (Å²) in [6, 6.07) is 4.84. The highest BCUT2D eigenvalue weighted by Crippen LogP contribution is 2.27. The van der Waals surface area contributed by atoms with Gasteiger partial charge in [-0.15, -0.1) is 5.10 Å². The van der Waals surface area contributed by atoms with E-state index in [1.807, 2.05) is 0 Å². The van der Waals surface area contributed by atoms with Gasteiger partial charge < -0.3 is 5.73 Å². The summed E-state index contributed by atoms with van der Waals surface area (Å²) in [5.74, 6) is 0.266. The van der Waals surface area contributed by atoms with E-state index in [2.05, 4.69) is 10.3 Å². The SMILES string of the molecule is Cc1cccc([N+](=O)[O-])c1-n1nnc(N)c1C. The molecule has 1 heterocycles. The van der Waals surface area contributed by atoms with Crippen LogP contribution in [0.15, 0.2) is 18.2 Å². The van der Waals surface area contributed by atoms with Gasteiger partial charge in [-0.1, -0.05) is 17.3 Å². The minimum atomic E-state index is -0.445. The molecular formula is C10H11N5O2. The highest BCUT2D eigenvalue weighted by Gasteiger charge is 2.20. The van der Waals surface area contributed by atoms with Crippen molar-refractivity contribution in [1.29, 1.82) is 0 Å². The lowest BCUT2D eigenvalue weighted by Gasteiger charge is -2.07. The molecule has 0 saturated heterocycles. The van der Waals surface area contributed by atoms with Crippen LogP contribution in [0.25, 0.3) is 5.69 Å². The molecule has 88 valence electrons. The summed E-state index contributed by atoms with van der Waals surface area (Å²) in [7, 11) is 0. The van der Waals surface area contributed by atoms with Gasteiger partial charge >= 0.3 is 0 Å². The quantitative estimate of drug-likeness (QED) is 0.623. The predicted octanol–water partition coefficient (Wildman–Crippen LogP) is 1.37. The zero-order valence-electron chi connectivity index (χ0n) is 9.41. The van der Waals surface area contributed by atoms with Gasteiger partial charge in [0.05, 0.1) is 10.6 Å². The van der Waals surface area contributed by atoms with E-state index in [-0.39, 0.29) is 11.5 Å². The molecule has 0 amide bonds. The van der Waals surface area contributed by atoms with Crippen molar-refractivity contribution in [2.24, 2.45) is 0 Å². The largest absolute Gasteiger partial charge is 0.381 e. The number of nitrogens with two attached hydrogens (primary N) is 1. The molecule has 2 rings (SSSR count). The van der Waals surface area contributed by atoms with Gasteiger partial charge in [0.1, 0.15) is 5.69 Å². The molecule has 0 bridgehead atoms. The molecule has 1 aromatic heterocycles. The molecule has 0 aliphatic heterocycles. The molecule has 0 aliphatic carbocycles. The summed E-state index contributed by atoms with van der Waals surface area (Å²) in [4.78, 5) is 10.5. The van der Waals surface area contributed by atoms with Crippen molar-refractivity contribution < 1.29 is 4.92 Å². The second kappa shape index (κ2) is 3.85. The van der Waals surface area contributed by atoms with Gasteiger partial charge in [0.15, 0.2) is 5.82 Å². The first-order chi connectivity index (χ1) is 8.02. The third-order valence-corrected chi connectivity index (χ3v) is 2.56. The molecule has 0 saturated carbocycles. The Labute approximate surface area is 97.0 Å². The fourth-order valence-electron chi connectivity index (χ4n) is 1.62. The van der Waals surface area contributed by atoms with Crippen LogP contribution in [0.5, 0.6) is 0 Å². The Morgan fingerprint density at radius 2 is 2.12 bits per heavy atom. The maximum atomic E-state index is 11.0. The first kappa shape index (κ1) is 11.1. The molecule has 2 N–H and O–H groups in total. The first-order valence-electron chi connectivity index (χ1n) is 4.94. The number of aryl methyl sites for hydroxylation is 1. The Kier molecular flexibility index (Phi) is 2.51. The number of nitro benzene ring substituents is 1. The van der Waals surface area contributed by atoms with Crippen LogP contribution in [-0.2, 0) is 0 Å². The summed E-state index contributed by atoms with van der Waals surface area (Å²) in [5.41, 5.74) is 7.30. The van der Waals surface area contributed by atoms with E-state index in [4.69, 9.17) is 5.73 Å². The van der Waals surface area contributed by atoms with E-state index < -0.39 is 4.92 Å². The number of hydrogen-bond acceptors (Lipinski definition) is 5. The van der Waals surface area contributed by atoms with Crippen molar-refractivity contribution in [3.8, 4) is 5.69 Å². The van der Waals surface area contributed by atoms with Gasteiger partial charge in [0, 0.05) is 6.07 Å². The van der Waals surface area contributed by atoms with Crippen molar-refractivity contribution in [2.45, 2.75) is 13.8 Å². The topological polar surface area (TPSA) is 99.9 Å². The normalized spacial score (nSPS) is 10.5. The number of anilines is 1. The molecule has 0 spiro atoms. The Bertz CT molecular complexity index is 590. The van der Waals surface area contributed by atoms with Crippen LogP contribution in [0.2, 0.25) is 0 Å². The molecule has 0 fully saturated rings. The third kappa shape index (κ3) is 1.71. The smallest absolute Gasteiger partial charge is 0.295 e. The number of rotatable bonds is 2. The van der Waals surface area contributed by atoms with E-state index >= 15 is 0 Å². The lowest BCUT2D eigenvalue weighted by atomic mass is 10.1. The lowest BCUT2D eigenvalue weighted by molar-refractivity contribution is -0.384. The van der Waals surface area contributed by atoms with E-state index in [9.17, 15) is 10.1 Å². The number of nitrogen functional groups attached to an aromatic ring is 1. The molecule has 0 atom stereocenters. The summed E-state index contributed by atoms with van der Waals surface area (Å²) < 4.78 is 1.39. The Morgan fingerprint density at radius 1 is 1.41 bits per heavy atom. The standard InChI is InChI=1S/C10H11N5O2/c1-6-4-3-5-8(15(16)17)9(6)14-7(2)10(11)12-13-14/h3-5H,11H2,1-2H3. The Balaban J connectivity index is 2.74. The molecule has 7 nitrogen and oxygen atoms in total. The second-order valence-electron chi connectivity index (χ2n) is 3.67. The van der Waals surface area contributed by atoms with E-state index in [1.165, 1.54) is 10.7 Å². The highest BCUT2D eigenvalue weighted by molar-refractivity contribution is 5.58. The van der Waals surface area contributed by atoms with Gasteiger partial charge in [-0.05, 0) is 19.4 Å². The van der Waals surface area contributed by atoms with Gasteiger partial charge in [-0.3, -0.25) is 10.1 Å². The summed E-state index contributed by atoms with van der Waals surface area (Å²) in [6.45, 7) is 3.49. The Hall–Kier alpha value is -2.44. The molecule has 2 aromatic rings. The first-order valence-corrected chi connectivity index (χ1v) is 4.94. The number of nitro groups is 1. The van der Waals surface area contributed by atoms with E-state index in [0.29, 0.717) is 11.4 Å². The zero-order valence-corrected chi connectivity index (χ0v) is 9.41. The minimum absolute atomic E-state index is 0.0157. The molecule has 0 unspecified atom stereocenters. The van der Waals surface area contributed by atoms with Crippen molar-refractivity contribution in [2.75, 3.05) is 5.73 Å². The van der Waals surface area contributed by atoms with Crippen LogP contribution < -0.4 is 5.73 Å². The predicted molar refractivity (Wildman–Crippen MR) is 61.9 cm³/mol. The molecule has 7 heteroatoms. The second-order valence-corrected chi connectivity index (χ2v) is 3.67. The van der Waals surface area contributed by atoms with Crippen LogP contribution in [0.1, 0.15) is 11.3 Å². The lowest BCUT2D eigenvalue weighted by Crippen LogP contribution is -2.06. The monoisotopic (exact) mass is 233 g/mol. The van der Waals surface area contributed by atoms with Crippen LogP contribution in [0.4, 0.5) is 11.5 Å². The number of nitrogens with zero attached hydrogens (tertiary/aromatic N) is 4. The maximum absolute atomic E-state index is 11.0. The van der Waals surface area contributed by atoms with Crippen LogP contribution in [-0.4, -0.2) is 19.9 Å². The summed E-state index contributed by atoms with van der Waals surface area (Å²) >= 11 is 0. The fraction of sp³-hybridized carbons (Fsp3) is 0.200. The average Bonchev–Trinajstić information content (AvgIpc) is 2.60. The minimum Gasteiger partial charge on any atom is -0.381 e. The van der Waals surface area contributed by atoms with Crippen LogP contribution >= 0.6 is 0 Å². The van der Waals surface area contributed by atoms with Crippen molar-refractivity contribution in [3.05, 3.63) is 39.6 Å². The fourth-order valence-corrected chi connectivity index (χ4v) is 1.62. The van der Waals surface area contributed by atoms with Crippen LogP contribution in [0, 0.1) is 24.0 Å². The number of aromatic nitrogens is 3. The summed E-state index contributed by atoms with van der Waals surface area (Å²) in [6.07, 6.45) is 0. The Morgan fingerprint density at radius 3 is 2.65 bits per heavy atom. The van der Waals surface area contributed by atoms with Crippen molar-refractivity contribution in [1.82, 2.24) is 15.0 Å². The van der Waals surface area contributed by atoms with Gasteiger partial charge in [0.25, 0.3) is 5.69 Å². The number of para-hydroxylation sites is 1. The molecular weight excluding hydrogens is 222 g/mol. The van der Waals surface area contributed by atoms with Gasteiger partial charge in [-0.2, -0.15) is 0 Å². The van der Waals surface area contributed by atoms with Gasteiger partial charge in [0.2, 0.25) is 0 Å². The zero-order chi connectivity index (χ0) is 12.6. The molecule has 1 aromatic carbocycles.